The summed E-state index contributed by atoms with van der Waals surface area (Å²) in [4.78, 5) is 35.1. The summed E-state index contributed by atoms with van der Waals surface area (Å²) < 4.78 is 16.4. The molecule has 0 radical (unpaired) electrons. The molecule has 0 amide bonds. The third-order valence-electron chi connectivity index (χ3n) is 3.58. The number of fused-ring (bicyclic) bond motifs is 1. The average Bonchev–Trinajstić information content (AvgIpc) is 2.66. The number of nitrogens with zero attached hydrogens (tertiary/aromatic N) is 2. The SMILES string of the molecule is COc1ccc2c(NCc3ccc(P(=O)(O)O)cc3)ncnc2c1.O=CO. The summed E-state index contributed by atoms with van der Waals surface area (Å²) >= 11 is 0. The number of carbonyl (C=O) groups is 1. The lowest BCUT2D eigenvalue weighted by molar-refractivity contribution is -0.122. The van der Waals surface area contributed by atoms with Gasteiger partial charge in [0.2, 0.25) is 0 Å². The van der Waals surface area contributed by atoms with Crippen LogP contribution in [0.2, 0.25) is 0 Å². The van der Waals surface area contributed by atoms with Gasteiger partial charge >= 0.3 is 7.60 Å². The predicted molar refractivity (Wildman–Crippen MR) is 100 cm³/mol. The van der Waals surface area contributed by atoms with Gasteiger partial charge in [0.25, 0.3) is 6.47 Å². The summed E-state index contributed by atoms with van der Waals surface area (Å²) in [6.07, 6.45) is 1.47. The first kappa shape index (κ1) is 20.3. The van der Waals surface area contributed by atoms with Crippen LogP contribution in [0.25, 0.3) is 10.9 Å². The Morgan fingerprint density at radius 3 is 2.41 bits per heavy atom. The maximum atomic E-state index is 11.2. The van der Waals surface area contributed by atoms with Gasteiger partial charge in [0.1, 0.15) is 17.9 Å². The first-order chi connectivity index (χ1) is 12.9. The van der Waals surface area contributed by atoms with Crippen LogP contribution in [0.1, 0.15) is 5.56 Å². The second-order valence-electron chi connectivity index (χ2n) is 5.27. The molecular weight excluding hydrogens is 373 g/mol. The van der Waals surface area contributed by atoms with E-state index < -0.39 is 7.60 Å². The number of hydrogen-bond acceptors (Lipinski definition) is 6. The first-order valence-electron chi connectivity index (χ1n) is 7.64. The summed E-state index contributed by atoms with van der Waals surface area (Å²) in [5.41, 5.74) is 1.65. The number of ether oxygens (including phenoxy) is 1. The smallest absolute Gasteiger partial charge is 0.356 e. The van der Waals surface area contributed by atoms with Crippen LogP contribution in [0, 0.1) is 0 Å². The van der Waals surface area contributed by atoms with E-state index >= 15 is 0 Å². The molecule has 0 atom stereocenters. The van der Waals surface area contributed by atoms with Crippen LogP contribution < -0.4 is 15.4 Å². The highest BCUT2D eigenvalue weighted by atomic mass is 31.2. The fraction of sp³-hybridized carbons (Fsp3) is 0.118. The molecule has 142 valence electrons. The minimum atomic E-state index is -4.21. The number of nitrogens with one attached hydrogen (secondary N) is 1. The van der Waals surface area contributed by atoms with Gasteiger partial charge in [-0.25, -0.2) is 9.97 Å². The van der Waals surface area contributed by atoms with Crippen molar-refractivity contribution in [3.05, 3.63) is 54.4 Å². The van der Waals surface area contributed by atoms with Crippen LogP contribution in [0.3, 0.4) is 0 Å². The van der Waals surface area contributed by atoms with E-state index in [9.17, 15) is 4.57 Å². The highest BCUT2D eigenvalue weighted by molar-refractivity contribution is 7.60. The molecule has 4 N–H and O–H groups in total. The number of hydrogen-bond donors (Lipinski definition) is 4. The minimum Gasteiger partial charge on any atom is -0.497 e. The Hall–Kier alpha value is -3.00. The van der Waals surface area contributed by atoms with Gasteiger partial charge in [-0.1, -0.05) is 12.1 Å². The van der Waals surface area contributed by atoms with Crippen LogP contribution >= 0.6 is 7.60 Å². The summed E-state index contributed by atoms with van der Waals surface area (Å²) in [5.74, 6) is 1.40. The van der Waals surface area contributed by atoms with Crippen molar-refractivity contribution in [1.29, 1.82) is 0 Å². The molecule has 3 rings (SSSR count). The molecule has 0 aliphatic carbocycles. The summed E-state index contributed by atoms with van der Waals surface area (Å²) in [5, 5.41) is 11.0. The van der Waals surface area contributed by atoms with Gasteiger partial charge < -0.3 is 24.9 Å². The largest absolute Gasteiger partial charge is 0.497 e. The van der Waals surface area contributed by atoms with Crippen molar-refractivity contribution in [3.63, 3.8) is 0 Å². The topological polar surface area (TPSA) is 142 Å². The Bertz CT molecular complexity index is 959. The Kier molecular flexibility index (Phi) is 6.84. The van der Waals surface area contributed by atoms with E-state index in [1.54, 1.807) is 19.2 Å². The minimum absolute atomic E-state index is 0.00540. The maximum absolute atomic E-state index is 11.2. The number of methoxy groups -OCH3 is 1. The van der Waals surface area contributed by atoms with Crippen LogP contribution in [-0.4, -0.2) is 38.4 Å². The zero-order chi connectivity index (χ0) is 19.9. The number of aromatic nitrogens is 2. The molecule has 10 heteroatoms. The molecule has 0 fully saturated rings. The average molecular weight is 391 g/mol. The van der Waals surface area contributed by atoms with Crippen molar-refractivity contribution >= 4 is 36.1 Å². The van der Waals surface area contributed by atoms with E-state index in [0.29, 0.717) is 12.4 Å². The highest BCUT2D eigenvalue weighted by Gasteiger charge is 2.16. The van der Waals surface area contributed by atoms with Crippen molar-refractivity contribution in [3.8, 4) is 5.75 Å². The van der Waals surface area contributed by atoms with Gasteiger partial charge in [0.15, 0.2) is 0 Å². The highest BCUT2D eigenvalue weighted by Crippen LogP contribution is 2.32. The van der Waals surface area contributed by atoms with Crippen molar-refractivity contribution in [2.24, 2.45) is 0 Å². The Morgan fingerprint density at radius 2 is 1.81 bits per heavy atom. The van der Waals surface area contributed by atoms with Gasteiger partial charge in [0.05, 0.1) is 17.9 Å². The molecule has 27 heavy (non-hydrogen) atoms. The van der Waals surface area contributed by atoms with E-state index in [1.807, 2.05) is 18.2 Å². The van der Waals surface area contributed by atoms with Gasteiger partial charge in [-0.05, 0) is 29.8 Å². The molecule has 0 unspecified atom stereocenters. The van der Waals surface area contributed by atoms with Crippen LogP contribution in [-0.2, 0) is 15.9 Å². The van der Waals surface area contributed by atoms with Crippen molar-refractivity contribution in [2.45, 2.75) is 6.54 Å². The Balaban J connectivity index is 0.000000817. The molecule has 0 spiro atoms. The molecule has 2 aromatic carbocycles. The van der Waals surface area contributed by atoms with Crippen LogP contribution in [0.4, 0.5) is 5.82 Å². The summed E-state index contributed by atoms with van der Waals surface area (Å²) in [7, 11) is -2.61. The number of rotatable bonds is 5. The summed E-state index contributed by atoms with van der Waals surface area (Å²) in [6, 6.07) is 11.8. The van der Waals surface area contributed by atoms with E-state index in [-0.39, 0.29) is 11.8 Å². The molecule has 0 aliphatic rings. The van der Waals surface area contributed by atoms with Gasteiger partial charge in [-0.3, -0.25) is 9.36 Å². The van der Waals surface area contributed by atoms with Crippen molar-refractivity contribution < 1.29 is 29.0 Å². The van der Waals surface area contributed by atoms with E-state index in [4.69, 9.17) is 24.4 Å². The zero-order valence-corrected chi connectivity index (χ0v) is 15.2. The standard InChI is InChI=1S/C16H16N3O4P.CH2O2/c1-23-12-4-7-14-15(8-12)18-10-19-16(14)17-9-11-2-5-13(6-3-11)24(20,21)22;2-1-3/h2-8,10H,9H2,1H3,(H,17,18,19)(H2,20,21,22);1H,(H,2,3). The Morgan fingerprint density at radius 1 is 1.15 bits per heavy atom. The lowest BCUT2D eigenvalue weighted by Crippen LogP contribution is -2.06. The molecule has 0 aliphatic heterocycles. The van der Waals surface area contributed by atoms with Gasteiger partial charge in [0, 0.05) is 18.0 Å². The molecular formula is C17H18N3O6P. The lowest BCUT2D eigenvalue weighted by Gasteiger charge is -2.10. The molecule has 1 heterocycles. The third kappa shape index (κ3) is 5.49. The van der Waals surface area contributed by atoms with Crippen LogP contribution in [0.5, 0.6) is 5.75 Å². The normalized spacial score (nSPS) is 10.6. The predicted octanol–water partition coefficient (Wildman–Crippen LogP) is 1.75. The van der Waals surface area contributed by atoms with E-state index in [0.717, 1.165) is 22.2 Å². The van der Waals surface area contributed by atoms with Gasteiger partial charge in [-0.2, -0.15) is 0 Å². The van der Waals surface area contributed by atoms with E-state index in [1.165, 1.54) is 18.5 Å². The van der Waals surface area contributed by atoms with Crippen molar-refractivity contribution in [1.82, 2.24) is 9.97 Å². The fourth-order valence-corrected chi connectivity index (χ4v) is 2.84. The third-order valence-corrected chi connectivity index (χ3v) is 4.55. The molecule has 0 bridgehead atoms. The molecule has 0 saturated heterocycles. The first-order valence-corrected chi connectivity index (χ1v) is 9.25. The number of benzene rings is 2. The maximum Gasteiger partial charge on any atom is 0.356 e. The quantitative estimate of drug-likeness (QED) is 0.378. The van der Waals surface area contributed by atoms with Gasteiger partial charge in [-0.15, -0.1) is 0 Å². The second kappa shape index (κ2) is 9.09. The van der Waals surface area contributed by atoms with E-state index in [2.05, 4.69) is 15.3 Å². The Labute approximate surface area is 154 Å². The van der Waals surface area contributed by atoms with Crippen LogP contribution in [0.15, 0.2) is 48.8 Å². The molecule has 1 aromatic heterocycles. The number of anilines is 1. The molecule has 0 saturated carbocycles. The second-order valence-corrected chi connectivity index (χ2v) is 6.88. The number of carboxylic acid groups (broad SMARTS) is 1. The monoisotopic (exact) mass is 391 g/mol. The summed E-state index contributed by atoms with van der Waals surface area (Å²) in [6.45, 7) is 0.222. The van der Waals surface area contributed by atoms with Crippen molar-refractivity contribution in [2.75, 3.05) is 12.4 Å². The zero-order valence-electron chi connectivity index (χ0n) is 14.3. The molecule has 3 aromatic rings. The fourth-order valence-electron chi connectivity index (χ4n) is 2.30. The molecule has 9 nitrogen and oxygen atoms in total. The lowest BCUT2D eigenvalue weighted by atomic mass is 10.2.